The third-order valence-corrected chi connectivity index (χ3v) is 5.52. The van der Waals surface area contributed by atoms with E-state index in [2.05, 4.69) is 10.3 Å². The van der Waals surface area contributed by atoms with E-state index < -0.39 is 0 Å². The van der Waals surface area contributed by atoms with Crippen molar-refractivity contribution in [3.8, 4) is 10.6 Å². The van der Waals surface area contributed by atoms with Crippen LogP contribution in [0, 0.1) is 0 Å². The number of nitrogens with zero attached hydrogens (tertiary/aromatic N) is 1. The predicted molar refractivity (Wildman–Crippen MR) is 109 cm³/mol. The van der Waals surface area contributed by atoms with Gasteiger partial charge in [-0.1, -0.05) is 47.5 Å². The van der Waals surface area contributed by atoms with Gasteiger partial charge in [0.15, 0.2) is 0 Å². The Labute approximate surface area is 164 Å². The molecule has 6 heteroatoms. The predicted octanol–water partition coefficient (Wildman–Crippen LogP) is 6.52. The highest BCUT2D eigenvalue weighted by atomic mass is 35.5. The minimum absolute atomic E-state index is 0.247. The van der Waals surface area contributed by atoms with Crippen LogP contribution in [0.15, 0.2) is 66.7 Å². The number of amides is 1. The molecule has 0 saturated carbocycles. The number of anilines is 1. The van der Waals surface area contributed by atoms with E-state index in [-0.39, 0.29) is 5.91 Å². The molecule has 0 aliphatic heterocycles. The highest BCUT2D eigenvalue weighted by molar-refractivity contribution is 7.21. The van der Waals surface area contributed by atoms with Crippen LogP contribution in [-0.4, -0.2) is 10.9 Å². The van der Waals surface area contributed by atoms with E-state index >= 15 is 0 Å². The van der Waals surface area contributed by atoms with Gasteiger partial charge in [-0.25, -0.2) is 4.98 Å². The average Bonchev–Trinajstić information content (AvgIpc) is 3.06. The molecule has 128 valence electrons. The Morgan fingerprint density at radius 3 is 2.50 bits per heavy atom. The normalized spacial score (nSPS) is 10.8. The molecule has 0 aliphatic carbocycles. The molecular weight excluding hydrogens is 387 g/mol. The second-order valence-electron chi connectivity index (χ2n) is 5.64. The molecular formula is C20H12Cl2N2OS. The third-order valence-electron chi connectivity index (χ3n) is 3.86. The van der Waals surface area contributed by atoms with Gasteiger partial charge >= 0.3 is 0 Å². The van der Waals surface area contributed by atoms with Gasteiger partial charge in [0.25, 0.3) is 5.91 Å². The van der Waals surface area contributed by atoms with E-state index in [1.54, 1.807) is 35.6 Å². The number of hydrogen-bond donors (Lipinski definition) is 1. The van der Waals surface area contributed by atoms with Crippen molar-refractivity contribution >= 4 is 56.3 Å². The molecule has 0 bridgehead atoms. The Morgan fingerprint density at radius 1 is 0.962 bits per heavy atom. The van der Waals surface area contributed by atoms with E-state index in [1.165, 1.54) is 0 Å². The fourth-order valence-corrected chi connectivity index (χ4v) is 3.86. The zero-order chi connectivity index (χ0) is 18.1. The van der Waals surface area contributed by atoms with Crippen molar-refractivity contribution < 1.29 is 4.79 Å². The number of rotatable bonds is 3. The molecule has 0 aliphatic rings. The average molecular weight is 399 g/mol. The zero-order valence-corrected chi connectivity index (χ0v) is 15.7. The Morgan fingerprint density at radius 2 is 1.73 bits per heavy atom. The summed E-state index contributed by atoms with van der Waals surface area (Å²) in [4.78, 5) is 17.1. The Balaban J connectivity index is 1.62. The molecule has 1 amide bonds. The number of carbonyl (C=O) groups excluding carboxylic acids is 1. The van der Waals surface area contributed by atoms with Gasteiger partial charge < -0.3 is 5.32 Å². The van der Waals surface area contributed by atoms with Gasteiger partial charge in [-0.3, -0.25) is 4.79 Å². The molecule has 3 nitrogen and oxygen atoms in total. The monoisotopic (exact) mass is 398 g/mol. The summed E-state index contributed by atoms with van der Waals surface area (Å²) in [7, 11) is 0. The largest absolute Gasteiger partial charge is 0.322 e. The van der Waals surface area contributed by atoms with Crippen molar-refractivity contribution in [2.24, 2.45) is 0 Å². The van der Waals surface area contributed by atoms with Crippen molar-refractivity contribution in [3.05, 3.63) is 82.3 Å². The molecule has 0 unspecified atom stereocenters. The lowest BCUT2D eigenvalue weighted by atomic mass is 10.2. The number of nitrogens with one attached hydrogen (secondary N) is 1. The first kappa shape index (κ1) is 17.0. The fourth-order valence-electron chi connectivity index (χ4n) is 2.56. The van der Waals surface area contributed by atoms with Gasteiger partial charge in [-0.2, -0.15) is 0 Å². The first-order valence-electron chi connectivity index (χ1n) is 7.82. The molecule has 0 atom stereocenters. The van der Waals surface area contributed by atoms with Crippen molar-refractivity contribution in [2.45, 2.75) is 0 Å². The Hall–Kier alpha value is -2.40. The first-order chi connectivity index (χ1) is 12.6. The van der Waals surface area contributed by atoms with Crippen molar-refractivity contribution in [1.29, 1.82) is 0 Å². The van der Waals surface area contributed by atoms with Crippen LogP contribution in [0.25, 0.3) is 20.8 Å². The van der Waals surface area contributed by atoms with Crippen LogP contribution in [0.4, 0.5) is 5.69 Å². The maximum atomic E-state index is 12.4. The van der Waals surface area contributed by atoms with Crippen molar-refractivity contribution in [1.82, 2.24) is 4.98 Å². The van der Waals surface area contributed by atoms with Crippen LogP contribution < -0.4 is 5.32 Å². The summed E-state index contributed by atoms with van der Waals surface area (Å²) >= 11 is 13.6. The van der Waals surface area contributed by atoms with E-state index in [4.69, 9.17) is 23.2 Å². The van der Waals surface area contributed by atoms with Gasteiger partial charge in [0.2, 0.25) is 0 Å². The van der Waals surface area contributed by atoms with Gasteiger partial charge in [-0.05, 0) is 42.5 Å². The maximum Gasteiger partial charge on any atom is 0.257 e. The van der Waals surface area contributed by atoms with Gasteiger partial charge in [0, 0.05) is 16.3 Å². The number of benzene rings is 3. The maximum absolute atomic E-state index is 12.4. The molecule has 0 radical (unpaired) electrons. The van der Waals surface area contributed by atoms with Crippen molar-refractivity contribution in [2.75, 3.05) is 5.32 Å². The SMILES string of the molecule is O=C(Nc1ccc2sc(-c3ccc(Cl)cc3)nc2c1)c1ccccc1Cl. The molecule has 4 rings (SSSR count). The number of halogens is 2. The second kappa shape index (κ2) is 7.08. The lowest BCUT2D eigenvalue weighted by Gasteiger charge is -2.06. The summed E-state index contributed by atoms with van der Waals surface area (Å²) in [6.45, 7) is 0. The third kappa shape index (κ3) is 3.44. The first-order valence-corrected chi connectivity index (χ1v) is 9.40. The van der Waals surface area contributed by atoms with Gasteiger partial charge in [0.1, 0.15) is 5.01 Å². The lowest BCUT2D eigenvalue weighted by molar-refractivity contribution is 0.102. The topological polar surface area (TPSA) is 42.0 Å². The van der Waals surface area contributed by atoms with Gasteiger partial charge in [0.05, 0.1) is 20.8 Å². The number of fused-ring (bicyclic) bond motifs is 1. The van der Waals surface area contributed by atoms with Crippen LogP contribution in [0.2, 0.25) is 10.0 Å². The number of aromatic nitrogens is 1. The summed E-state index contributed by atoms with van der Waals surface area (Å²) in [6, 6.07) is 20.2. The lowest BCUT2D eigenvalue weighted by Crippen LogP contribution is -2.12. The number of carbonyl (C=O) groups is 1. The molecule has 1 heterocycles. The van der Waals surface area contributed by atoms with Crippen LogP contribution >= 0.6 is 34.5 Å². The molecule has 4 aromatic rings. The molecule has 0 saturated heterocycles. The summed E-state index contributed by atoms with van der Waals surface area (Å²) in [5, 5.41) is 4.90. The Bertz CT molecular complexity index is 1110. The van der Waals surface area contributed by atoms with Crippen LogP contribution in [0.5, 0.6) is 0 Å². The molecule has 0 fully saturated rings. The molecule has 1 N–H and O–H groups in total. The van der Waals surface area contributed by atoms with Gasteiger partial charge in [-0.15, -0.1) is 11.3 Å². The van der Waals surface area contributed by atoms with Crippen LogP contribution in [-0.2, 0) is 0 Å². The van der Waals surface area contributed by atoms with E-state index in [0.29, 0.717) is 21.3 Å². The van der Waals surface area contributed by atoms with E-state index in [0.717, 1.165) is 20.8 Å². The standard InChI is InChI=1S/C20H12Cl2N2OS/c21-13-7-5-12(6-8-13)20-24-17-11-14(9-10-18(17)26-20)23-19(25)15-3-1-2-4-16(15)22/h1-11H,(H,23,25). The molecule has 1 aromatic heterocycles. The van der Waals surface area contributed by atoms with Crippen molar-refractivity contribution in [3.63, 3.8) is 0 Å². The molecule has 0 spiro atoms. The summed E-state index contributed by atoms with van der Waals surface area (Å²) < 4.78 is 1.05. The quantitative estimate of drug-likeness (QED) is 0.426. The highest BCUT2D eigenvalue weighted by Crippen LogP contribution is 2.32. The number of hydrogen-bond acceptors (Lipinski definition) is 3. The minimum Gasteiger partial charge on any atom is -0.322 e. The Kier molecular flexibility index (Phi) is 4.64. The minimum atomic E-state index is -0.247. The molecule has 3 aromatic carbocycles. The smallest absolute Gasteiger partial charge is 0.257 e. The van der Waals surface area contributed by atoms with Crippen LogP contribution in [0.3, 0.4) is 0 Å². The summed E-state index contributed by atoms with van der Waals surface area (Å²) in [5.41, 5.74) is 2.96. The number of thiazole rings is 1. The zero-order valence-electron chi connectivity index (χ0n) is 13.4. The highest BCUT2D eigenvalue weighted by Gasteiger charge is 2.11. The fraction of sp³-hybridized carbons (Fsp3) is 0. The second-order valence-corrected chi connectivity index (χ2v) is 7.52. The molecule has 26 heavy (non-hydrogen) atoms. The van der Waals surface area contributed by atoms with Crippen LogP contribution in [0.1, 0.15) is 10.4 Å². The van der Waals surface area contributed by atoms with E-state index in [1.807, 2.05) is 42.5 Å². The summed E-state index contributed by atoms with van der Waals surface area (Å²) in [6.07, 6.45) is 0. The summed E-state index contributed by atoms with van der Waals surface area (Å²) in [5.74, 6) is -0.247. The van der Waals surface area contributed by atoms with E-state index in [9.17, 15) is 4.79 Å².